The van der Waals surface area contributed by atoms with Gasteiger partial charge in [-0.25, -0.2) is 0 Å². The fraction of sp³-hybridized carbons (Fsp3) is 1.00. The van der Waals surface area contributed by atoms with E-state index in [0.29, 0.717) is 30.7 Å². The van der Waals surface area contributed by atoms with Crippen molar-refractivity contribution < 1.29 is 14.2 Å². The standard InChI is InChI=1S/C45H93NO3.H4N2/c1-11-15-16-17-24-29-35-42(45(47-12-2,48-13-3)49-14-4)36-34-41-46(39-32-27-22-18-20-25-30-37-43(5,6)7)40-33-28-23-19-21-26-31-38-44(8,9)10;1-2/h42H,11-41H2,1-10H3;1-2H2. The predicted molar refractivity (Wildman–Crippen MR) is 226 cm³/mol. The van der Waals surface area contributed by atoms with E-state index in [2.05, 4.69) is 85.8 Å². The van der Waals surface area contributed by atoms with Gasteiger partial charge in [-0.15, -0.1) is 0 Å². The lowest BCUT2D eigenvalue weighted by Crippen LogP contribution is -2.47. The van der Waals surface area contributed by atoms with Crippen molar-refractivity contribution in [2.45, 2.75) is 236 Å². The van der Waals surface area contributed by atoms with Gasteiger partial charge < -0.3 is 19.1 Å². The molecule has 0 spiro atoms. The zero-order chi connectivity index (χ0) is 38.7. The Balaban J connectivity index is 0. The SMILES string of the molecule is CCCCCCCCC(CCCN(CCCCCCCCCC(C)(C)C)CCCCCCCCCC(C)(C)C)C(OCC)(OCC)OCC.NN. The number of nitrogens with two attached hydrogens (primary N) is 2. The molecular formula is C45H97N3O3. The molecule has 6 heteroatoms. The normalized spacial score (nSPS) is 13.1. The molecule has 1 unspecified atom stereocenters. The third-order valence-corrected chi connectivity index (χ3v) is 10.3. The van der Waals surface area contributed by atoms with Gasteiger partial charge in [0, 0.05) is 25.7 Å². The Hall–Kier alpha value is -0.240. The minimum atomic E-state index is -0.897. The monoisotopic (exact) mass is 728 g/mol. The van der Waals surface area contributed by atoms with Gasteiger partial charge in [-0.05, 0) is 96.2 Å². The molecule has 0 fully saturated rings. The van der Waals surface area contributed by atoms with E-state index in [9.17, 15) is 0 Å². The summed E-state index contributed by atoms with van der Waals surface area (Å²) >= 11 is 0. The smallest absolute Gasteiger partial charge is 0.285 e. The molecule has 6 nitrogen and oxygen atoms in total. The lowest BCUT2D eigenvalue weighted by molar-refractivity contribution is -0.403. The highest BCUT2D eigenvalue weighted by molar-refractivity contribution is 4.74. The minimum absolute atomic E-state index is 0.275. The summed E-state index contributed by atoms with van der Waals surface area (Å²) < 4.78 is 19.1. The van der Waals surface area contributed by atoms with Crippen molar-refractivity contribution in [3.63, 3.8) is 0 Å². The molecule has 0 aromatic rings. The van der Waals surface area contributed by atoms with E-state index < -0.39 is 5.97 Å². The van der Waals surface area contributed by atoms with Crippen molar-refractivity contribution in [3.8, 4) is 0 Å². The molecule has 51 heavy (non-hydrogen) atoms. The Morgan fingerprint density at radius 2 is 0.725 bits per heavy atom. The lowest BCUT2D eigenvalue weighted by atomic mass is 9.89. The summed E-state index contributed by atoms with van der Waals surface area (Å²) in [6.07, 6.45) is 33.6. The highest BCUT2D eigenvalue weighted by atomic mass is 16.9. The third-order valence-electron chi connectivity index (χ3n) is 10.3. The van der Waals surface area contributed by atoms with Gasteiger partial charge in [0.25, 0.3) is 5.97 Å². The molecule has 0 aromatic carbocycles. The van der Waals surface area contributed by atoms with Gasteiger partial charge in [0.1, 0.15) is 0 Å². The van der Waals surface area contributed by atoms with E-state index in [-0.39, 0.29) is 5.92 Å². The van der Waals surface area contributed by atoms with E-state index in [1.165, 1.54) is 167 Å². The molecule has 0 aliphatic rings. The summed E-state index contributed by atoms with van der Waals surface area (Å²) in [5, 5.41) is 0. The summed E-state index contributed by atoms with van der Waals surface area (Å²) in [4.78, 5) is 2.80. The number of rotatable bonds is 36. The molecule has 0 rings (SSSR count). The molecule has 1 atom stereocenters. The Kier molecular flexibility index (Phi) is 36.8. The molecule has 0 bridgehead atoms. The van der Waals surface area contributed by atoms with Crippen molar-refractivity contribution >= 4 is 0 Å². The van der Waals surface area contributed by atoms with Crippen LogP contribution < -0.4 is 11.7 Å². The number of hydrogen-bond donors (Lipinski definition) is 2. The Morgan fingerprint density at radius 1 is 0.412 bits per heavy atom. The van der Waals surface area contributed by atoms with Crippen LogP contribution in [0.15, 0.2) is 0 Å². The highest BCUT2D eigenvalue weighted by Gasteiger charge is 2.41. The first-order chi connectivity index (χ1) is 24.4. The number of hydrogen-bond acceptors (Lipinski definition) is 6. The van der Waals surface area contributed by atoms with E-state index in [1.54, 1.807) is 0 Å². The second kappa shape index (κ2) is 35.5. The van der Waals surface area contributed by atoms with Gasteiger partial charge in [0.2, 0.25) is 0 Å². The molecular weight excluding hydrogens is 631 g/mol. The second-order valence-corrected chi connectivity index (χ2v) is 17.7. The van der Waals surface area contributed by atoms with E-state index in [0.717, 1.165) is 12.8 Å². The molecule has 0 saturated carbocycles. The van der Waals surface area contributed by atoms with E-state index in [4.69, 9.17) is 14.2 Å². The van der Waals surface area contributed by atoms with Crippen LogP contribution in [0.5, 0.6) is 0 Å². The summed E-state index contributed by atoms with van der Waals surface area (Å²) in [5.41, 5.74) is 0.973. The van der Waals surface area contributed by atoms with E-state index in [1.807, 2.05) is 0 Å². The Bertz CT molecular complexity index is 642. The predicted octanol–water partition coefficient (Wildman–Crippen LogP) is 13.4. The fourth-order valence-electron chi connectivity index (χ4n) is 7.40. The van der Waals surface area contributed by atoms with Crippen LogP contribution in [0.25, 0.3) is 0 Å². The van der Waals surface area contributed by atoms with Crippen LogP contribution in [0.3, 0.4) is 0 Å². The van der Waals surface area contributed by atoms with Crippen molar-refractivity contribution in [2.75, 3.05) is 39.5 Å². The third kappa shape index (κ3) is 34.0. The topological polar surface area (TPSA) is 83.0 Å². The maximum Gasteiger partial charge on any atom is 0.285 e. The summed E-state index contributed by atoms with van der Waals surface area (Å²) in [5.74, 6) is 7.38. The van der Waals surface area contributed by atoms with Gasteiger partial charge >= 0.3 is 0 Å². The second-order valence-electron chi connectivity index (χ2n) is 17.7. The lowest BCUT2D eigenvalue weighted by Gasteiger charge is -2.39. The molecule has 0 aliphatic carbocycles. The van der Waals surface area contributed by atoms with Crippen molar-refractivity contribution in [1.82, 2.24) is 4.90 Å². The average Bonchev–Trinajstić information content (AvgIpc) is 3.07. The summed E-state index contributed by atoms with van der Waals surface area (Å²) in [6.45, 7) is 28.3. The first kappa shape index (κ1) is 52.9. The molecule has 4 N–H and O–H groups in total. The van der Waals surface area contributed by atoms with Crippen LogP contribution in [-0.4, -0.2) is 50.3 Å². The Labute approximate surface area is 322 Å². The zero-order valence-electron chi connectivity index (χ0n) is 36.8. The van der Waals surface area contributed by atoms with Crippen molar-refractivity contribution in [1.29, 1.82) is 0 Å². The summed E-state index contributed by atoms with van der Waals surface area (Å²) in [6, 6.07) is 0. The largest absolute Gasteiger partial charge is 0.328 e. The highest BCUT2D eigenvalue weighted by Crippen LogP contribution is 2.34. The van der Waals surface area contributed by atoms with Gasteiger partial charge in [0.15, 0.2) is 0 Å². The molecule has 0 amide bonds. The summed E-state index contributed by atoms with van der Waals surface area (Å²) in [7, 11) is 0. The quantitative estimate of drug-likeness (QED) is 0.0289. The van der Waals surface area contributed by atoms with Gasteiger partial charge in [-0.1, -0.05) is 164 Å². The maximum atomic E-state index is 6.35. The maximum absolute atomic E-state index is 6.35. The molecule has 0 radical (unpaired) electrons. The zero-order valence-corrected chi connectivity index (χ0v) is 36.8. The molecule has 0 aliphatic heterocycles. The molecule has 310 valence electrons. The van der Waals surface area contributed by atoms with Crippen LogP contribution in [0.2, 0.25) is 0 Å². The number of hydrazine groups is 1. The van der Waals surface area contributed by atoms with E-state index >= 15 is 0 Å². The Morgan fingerprint density at radius 3 is 1.10 bits per heavy atom. The number of ether oxygens (including phenoxy) is 3. The van der Waals surface area contributed by atoms with Gasteiger partial charge in [-0.3, -0.25) is 11.7 Å². The van der Waals surface area contributed by atoms with Gasteiger partial charge in [0.05, 0.1) is 0 Å². The molecule has 0 saturated heterocycles. The average molecular weight is 728 g/mol. The van der Waals surface area contributed by atoms with Crippen molar-refractivity contribution in [3.05, 3.63) is 0 Å². The number of unbranched alkanes of at least 4 members (excludes halogenated alkanes) is 17. The minimum Gasteiger partial charge on any atom is -0.328 e. The van der Waals surface area contributed by atoms with Crippen molar-refractivity contribution in [2.24, 2.45) is 28.4 Å². The van der Waals surface area contributed by atoms with Crippen LogP contribution >= 0.6 is 0 Å². The first-order valence-corrected chi connectivity index (χ1v) is 22.4. The van der Waals surface area contributed by atoms with Crippen LogP contribution in [0, 0.1) is 16.7 Å². The molecule has 0 heterocycles. The van der Waals surface area contributed by atoms with Gasteiger partial charge in [-0.2, -0.15) is 0 Å². The first-order valence-electron chi connectivity index (χ1n) is 22.4. The number of nitrogens with zero attached hydrogens (tertiary/aromatic N) is 1. The van der Waals surface area contributed by atoms with Crippen LogP contribution in [0.4, 0.5) is 0 Å². The fourth-order valence-corrected chi connectivity index (χ4v) is 7.40. The molecule has 0 aromatic heterocycles. The van der Waals surface area contributed by atoms with Crippen LogP contribution in [-0.2, 0) is 14.2 Å². The van der Waals surface area contributed by atoms with Crippen LogP contribution in [0.1, 0.15) is 230 Å².